The summed E-state index contributed by atoms with van der Waals surface area (Å²) in [5.41, 5.74) is 0.877. The molecule has 1 unspecified atom stereocenters. The van der Waals surface area contributed by atoms with Crippen molar-refractivity contribution in [2.24, 2.45) is 7.05 Å². The number of hydrogen-bond donors (Lipinski definition) is 3. The van der Waals surface area contributed by atoms with Crippen molar-refractivity contribution in [3.8, 4) is 0 Å². The molecule has 20 heteroatoms. The molecule has 58 heavy (non-hydrogen) atoms. The van der Waals surface area contributed by atoms with Crippen molar-refractivity contribution in [2.75, 3.05) is 125 Å². The first-order valence-corrected chi connectivity index (χ1v) is 19.4. The number of piperidine rings is 1. The highest BCUT2D eigenvalue weighted by Gasteiger charge is 2.31. The molecule has 1 fully saturated rings. The second-order valence-corrected chi connectivity index (χ2v) is 13.8. The van der Waals surface area contributed by atoms with Gasteiger partial charge >= 0.3 is 17.8 Å². The fourth-order valence-corrected chi connectivity index (χ4v) is 5.87. The van der Waals surface area contributed by atoms with E-state index in [4.69, 9.17) is 47.7 Å². The van der Waals surface area contributed by atoms with Gasteiger partial charge in [0.15, 0.2) is 0 Å². The molecule has 0 saturated carbocycles. The number of aliphatic hydroxyl groups is 1. The number of amides is 3. The molecule has 1 atom stereocenters. The highest BCUT2D eigenvalue weighted by Crippen LogP contribution is 2.24. The summed E-state index contributed by atoms with van der Waals surface area (Å²) >= 11 is 0. The summed E-state index contributed by atoms with van der Waals surface area (Å²) in [6.07, 6.45) is -0.0966. The van der Waals surface area contributed by atoms with Crippen LogP contribution in [0, 0.1) is 0 Å². The number of nitrogens with zero attached hydrogens (tertiary/aromatic N) is 3. The van der Waals surface area contributed by atoms with E-state index >= 15 is 0 Å². The molecule has 0 aliphatic carbocycles. The lowest BCUT2D eigenvalue weighted by molar-refractivity contribution is -0.163. The molecule has 328 valence electrons. The number of carbonyl (C=O) groups excluding carboxylic acids is 3. The Morgan fingerprint density at radius 3 is 1.86 bits per heavy atom. The lowest BCUT2D eigenvalue weighted by atomic mass is 10.1. The standard InChI is InChI=1S/C38H60N4O16/c1-38(2,28-41(37(48)49)9-12-51-15-18-54-20-21-55-19-16-52-13-10-43)58-34(45)27-57-25-24-56-23-22-53-17-14-50-11-8-29-4-5-30-32(26-29)40(3)36(47)42(30)31-6-7-33(44)39-35(31)46/h4-5,26,31,43H,6-25,27-28H2,1-3H3,(H,48,49)(H,39,44,46). The van der Waals surface area contributed by atoms with Gasteiger partial charge in [0, 0.05) is 20.0 Å². The minimum absolute atomic E-state index is 0.0284. The van der Waals surface area contributed by atoms with Crippen molar-refractivity contribution in [2.45, 2.75) is 44.8 Å². The van der Waals surface area contributed by atoms with Gasteiger partial charge in [0.2, 0.25) is 11.8 Å². The van der Waals surface area contributed by atoms with Gasteiger partial charge in [-0.3, -0.25) is 24.0 Å². The molecule has 3 amide bonds. The number of aromatic nitrogens is 2. The quantitative estimate of drug-likeness (QED) is 0.0511. The third kappa shape index (κ3) is 17.9. The maximum Gasteiger partial charge on any atom is 0.407 e. The van der Waals surface area contributed by atoms with Gasteiger partial charge in [-0.2, -0.15) is 0 Å². The molecule has 20 nitrogen and oxygen atoms in total. The van der Waals surface area contributed by atoms with Crippen molar-refractivity contribution in [3.05, 3.63) is 34.2 Å². The monoisotopic (exact) mass is 828 g/mol. The Hall–Kier alpha value is -3.99. The molecule has 3 rings (SSSR count). The molecule has 1 aromatic heterocycles. The average molecular weight is 829 g/mol. The molecule has 1 aliphatic heterocycles. The van der Waals surface area contributed by atoms with Gasteiger partial charge in [0.25, 0.3) is 0 Å². The number of carbonyl (C=O) groups is 4. The van der Waals surface area contributed by atoms with E-state index in [2.05, 4.69) is 5.32 Å². The third-order valence-corrected chi connectivity index (χ3v) is 8.64. The number of esters is 1. The predicted octanol–water partition coefficient (Wildman–Crippen LogP) is 0.287. The van der Waals surface area contributed by atoms with Gasteiger partial charge in [0.05, 0.1) is 123 Å². The summed E-state index contributed by atoms with van der Waals surface area (Å²) in [5, 5.41) is 20.5. The van der Waals surface area contributed by atoms with Gasteiger partial charge < -0.3 is 57.7 Å². The highest BCUT2D eigenvalue weighted by molar-refractivity contribution is 6.00. The van der Waals surface area contributed by atoms with Crippen molar-refractivity contribution in [1.29, 1.82) is 0 Å². The van der Waals surface area contributed by atoms with Crippen LogP contribution < -0.4 is 11.0 Å². The fraction of sp³-hybridized carbons (Fsp3) is 0.711. The van der Waals surface area contributed by atoms with Gasteiger partial charge in [-0.15, -0.1) is 0 Å². The summed E-state index contributed by atoms with van der Waals surface area (Å²) in [4.78, 5) is 62.1. The summed E-state index contributed by atoms with van der Waals surface area (Å²) in [6.45, 7) is 7.70. The third-order valence-electron chi connectivity index (χ3n) is 8.64. The number of imidazole rings is 1. The number of fused-ring (bicyclic) bond motifs is 1. The molecule has 1 aliphatic rings. The number of aryl methyl sites for hydroxylation is 1. The zero-order valence-corrected chi connectivity index (χ0v) is 33.8. The molecule has 2 aromatic rings. The smallest absolute Gasteiger partial charge is 0.407 e. The van der Waals surface area contributed by atoms with E-state index in [-0.39, 0.29) is 83.8 Å². The topological polar surface area (TPSA) is 234 Å². The number of aliphatic hydroxyl groups excluding tert-OH is 1. The molecular weight excluding hydrogens is 768 g/mol. The van der Waals surface area contributed by atoms with Crippen LogP contribution in [0.4, 0.5) is 4.79 Å². The van der Waals surface area contributed by atoms with Crippen LogP contribution in [0.2, 0.25) is 0 Å². The first-order valence-electron chi connectivity index (χ1n) is 19.4. The van der Waals surface area contributed by atoms with Gasteiger partial charge in [-0.25, -0.2) is 14.4 Å². The molecule has 1 saturated heterocycles. The molecule has 0 bridgehead atoms. The SMILES string of the molecule is Cn1c(=O)n(C2CCC(=O)NC2=O)c2ccc(CCOCCOCCOCCOCC(=O)OC(C)(C)CN(CCOCCOCCOCCOCCO)C(=O)O)cc21. The first-order chi connectivity index (χ1) is 27.9. The van der Waals surface area contributed by atoms with Crippen LogP contribution in [0.3, 0.4) is 0 Å². The van der Waals surface area contributed by atoms with E-state index in [1.165, 1.54) is 9.13 Å². The van der Waals surface area contributed by atoms with Gasteiger partial charge in [-0.05, 0) is 44.4 Å². The highest BCUT2D eigenvalue weighted by atomic mass is 16.6. The minimum Gasteiger partial charge on any atom is -0.465 e. The lowest BCUT2D eigenvalue weighted by Gasteiger charge is -2.30. The van der Waals surface area contributed by atoms with Crippen molar-refractivity contribution in [1.82, 2.24) is 19.4 Å². The zero-order chi connectivity index (χ0) is 42.2. The average Bonchev–Trinajstić information content (AvgIpc) is 3.42. The Kier molecular flexibility index (Phi) is 22.4. The Morgan fingerprint density at radius 1 is 0.776 bits per heavy atom. The van der Waals surface area contributed by atoms with Crippen LogP contribution in [0.25, 0.3) is 11.0 Å². The number of hydrogen-bond acceptors (Lipinski definition) is 15. The van der Waals surface area contributed by atoms with E-state index in [0.717, 1.165) is 10.5 Å². The summed E-state index contributed by atoms with van der Waals surface area (Å²) < 4.78 is 51.7. The van der Waals surface area contributed by atoms with Crippen LogP contribution in [-0.2, 0) is 70.5 Å². The molecule has 2 heterocycles. The first kappa shape index (κ1) is 48.4. The molecule has 1 aromatic carbocycles. The second-order valence-electron chi connectivity index (χ2n) is 13.8. The maximum absolute atomic E-state index is 12.9. The number of carboxylic acid groups (broad SMARTS) is 1. The van der Waals surface area contributed by atoms with Crippen molar-refractivity contribution < 1.29 is 72.0 Å². The Morgan fingerprint density at radius 2 is 1.31 bits per heavy atom. The predicted molar refractivity (Wildman–Crippen MR) is 206 cm³/mol. The largest absolute Gasteiger partial charge is 0.465 e. The Bertz CT molecular complexity index is 1610. The van der Waals surface area contributed by atoms with E-state index < -0.39 is 29.6 Å². The number of nitrogens with one attached hydrogen (secondary N) is 1. The van der Waals surface area contributed by atoms with Gasteiger partial charge in [0.1, 0.15) is 18.2 Å². The van der Waals surface area contributed by atoms with Crippen LogP contribution in [-0.4, -0.2) is 179 Å². The molecule has 0 spiro atoms. The molecule has 0 radical (unpaired) electrons. The van der Waals surface area contributed by atoms with Crippen LogP contribution in [0.5, 0.6) is 0 Å². The zero-order valence-electron chi connectivity index (χ0n) is 33.8. The van der Waals surface area contributed by atoms with E-state index in [9.17, 15) is 29.1 Å². The number of rotatable bonds is 32. The summed E-state index contributed by atoms with van der Waals surface area (Å²) in [6, 6.07) is 4.89. The molecule has 3 N–H and O–H groups in total. The lowest BCUT2D eigenvalue weighted by Crippen LogP contribution is -2.46. The summed E-state index contributed by atoms with van der Waals surface area (Å²) in [5.74, 6) is -1.44. The number of benzene rings is 1. The van der Waals surface area contributed by atoms with Crippen LogP contribution >= 0.6 is 0 Å². The molecular formula is C38H60N4O16. The minimum atomic E-state index is -1.17. The van der Waals surface area contributed by atoms with E-state index in [1.54, 1.807) is 20.9 Å². The number of ether oxygens (including phenoxy) is 9. The Balaban J connectivity index is 1.16. The van der Waals surface area contributed by atoms with Crippen molar-refractivity contribution >= 4 is 34.9 Å². The van der Waals surface area contributed by atoms with Crippen LogP contribution in [0.1, 0.15) is 38.3 Å². The normalized spacial score (nSPS) is 14.6. The fourth-order valence-electron chi connectivity index (χ4n) is 5.87. The second kappa shape index (κ2) is 26.9. The number of imide groups is 1. The summed E-state index contributed by atoms with van der Waals surface area (Å²) in [7, 11) is 1.66. The van der Waals surface area contributed by atoms with Crippen LogP contribution in [0.15, 0.2) is 23.0 Å². The Labute approximate surface area is 337 Å². The maximum atomic E-state index is 12.9. The van der Waals surface area contributed by atoms with Crippen molar-refractivity contribution in [3.63, 3.8) is 0 Å². The van der Waals surface area contributed by atoms with Gasteiger partial charge in [-0.1, -0.05) is 6.07 Å². The van der Waals surface area contributed by atoms with E-state index in [1.807, 2.05) is 18.2 Å². The van der Waals surface area contributed by atoms with E-state index in [0.29, 0.717) is 83.5 Å².